The Morgan fingerprint density at radius 1 is 0.771 bits per heavy atom. The lowest BCUT2D eigenvalue weighted by molar-refractivity contribution is 0.103. The van der Waals surface area contributed by atoms with Gasteiger partial charge in [0.05, 0.1) is 19.5 Å². The number of carbonyl (C=O) groups excluding carboxylic acids is 1. The third-order valence-electron chi connectivity index (χ3n) is 9.96. The van der Waals surface area contributed by atoms with Crippen LogP contribution in [0.2, 0.25) is 18.1 Å². The predicted molar refractivity (Wildman–Crippen MR) is 197 cm³/mol. The van der Waals surface area contributed by atoms with Crippen molar-refractivity contribution in [2.75, 3.05) is 7.11 Å². The van der Waals surface area contributed by atoms with Gasteiger partial charge in [-0.2, -0.15) is 0 Å². The maximum absolute atomic E-state index is 14.2. The summed E-state index contributed by atoms with van der Waals surface area (Å²) < 4.78 is 14.7. The van der Waals surface area contributed by atoms with Gasteiger partial charge in [-0.25, -0.2) is 4.98 Å². The molecule has 6 aromatic rings. The number of hydrogen-bond acceptors (Lipinski definition) is 4. The van der Waals surface area contributed by atoms with Crippen LogP contribution < -0.4 is 4.74 Å². The monoisotopic (exact) mass is 652 g/mol. The first-order valence-corrected chi connectivity index (χ1v) is 19.4. The molecule has 0 fully saturated rings. The molecule has 1 atom stereocenters. The number of imidazole rings is 1. The summed E-state index contributed by atoms with van der Waals surface area (Å²) in [6, 6.07) is 41.0. The van der Waals surface area contributed by atoms with Crippen molar-refractivity contribution in [1.82, 2.24) is 9.55 Å². The Morgan fingerprint density at radius 2 is 1.31 bits per heavy atom. The summed E-state index contributed by atoms with van der Waals surface area (Å²) in [7, 11) is -0.361. The Kier molecular flexibility index (Phi) is 8.99. The number of hydrogen-bond donors (Lipinski definition) is 0. The van der Waals surface area contributed by atoms with Crippen LogP contribution in [0.4, 0.5) is 0 Å². The molecule has 1 unspecified atom stereocenters. The van der Waals surface area contributed by atoms with Crippen molar-refractivity contribution < 1.29 is 14.0 Å². The second-order valence-corrected chi connectivity index (χ2v) is 18.7. The molecule has 1 aromatic heterocycles. The second-order valence-electron chi connectivity index (χ2n) is 13.9. The molecule has 5 nitrogen and oxygen atoms in total. The molecule has 6 rings (SSSR count). The van der Waals surface area contributed by atoms with Gasteiger partial charge in [-0.05, 0) is 64.7 Å². The van der Waals surface area contributed by atoms with Crippen LogP contribution in [0, 0.1) is 0 Å². The van der Waals surface area contributed by atoms with E-state index in [4.69, 9.17) is 14.1 Å². The number of methoxy groups -OCH3 is 1. The minimum Gasteiger partial charge on any atom is -0.496 e. The number of benzene rings is 5. The van der Waals surface area contributed by atoms with Gasteiger partial charge in [-0.1, -0.05) is 130 Å². The lowest BCUT2D eigenvalue weighted by Crippen LogP contribution is -2.41. The Bertz CT molecular complexity index is 1930. The fourth-order valence-electron chi connectivity index (χ4n) is 6.51. The summed E-state index contributed by atoms with van der Waals surface area (Å²) in [5.74, 6) is 0.646. The fraction of sp³-hybridized carbons (Fsp3) is 0.238. The topological polar surface area (TPSA) is 53.4 Å². The zero-order valence-corrected chi connectivity index (χ0v) is 29.9. The quantitative estimate of drug-likeness (QED) is 0.0840. The molecule has 0 aliphatic carbocycles. The number of rotatable bonds is 10. The first-order chi connectivity index (χ1) is 23.0. The molecular weight excluding hydrogens is 609 g/mol. The molecule has 0 saturated carbocycles. The maximum Gasteiger partial charge on any atom is 0.212 e. The van der Waals surface area contributed by atoms with E-state index in [0.717, 1.165) is 38.8 Å². The molecule has 0 radical (unpaired) electrons. The molecule has 0 spiro atoms. The molecule has 244 valence electrons. The van der Waals surface area contributed by atoms with Crippen molar-refractivity contribution in [3.63, 3.8) is 0 Å². The second kappa shape index (κ2) is 13.0. The van der Waals surface area contributed by atoms with Crippen molar-refractivity contribution in [1.29, 1.82) is 0 Å². The highest BCUT2D eigenvalue weighted by atomic mass is 28.4. The normalized spacial score (nSPS) is 13.0. The molecular formula is C42H44N2O3Si. The van der Waals surface area contributed by atoms with E-state index >= 15 is 0 Å². The minimum atomic E-state index is -2.05. The van der Waals surface area contributed by atoms with Gasteiger partial charge in [0.2, 0.25) is 5.78 Å². The lowest BCUT2D eigenvalue weighted by atomic mass is 9.77. The summed E-state index contributed by atoms with van der Waals surface area (Å²) in [4.78, 5) is 18.9. The van der Waals surface area contributed by atoms with Gasteiger partial charge in [0.1, 0.15) is 17.0 Å². The zero-order chi connectivity index (χ0) is 34.1. The summed E-state index contributed by atoms with van der Waals surface area (Å²) in [5, 5.41) is 2.04. The zero-order valence-electron chi connectivity index (χ0n) is 28.9. The summed E-state index contributed by atoms with van der Waals surface area (Å²) >= 11 is 0. The smallest absolute Gasteiger partial charge is 0.212 e. The lowest BCUT2D eigenvalue weighted by Gasteiger charge is -2.39. The third kappa shape index (κ3) is 5.91. The van der Waals surface area contributed by atoms with E-state index in [2.05, 4.69) is 118 Å². The number of nitrogens with zero attached hydrogens (tertiary/aromatic N) is 2. The van der Waals surface area contributed by atoms with Crippen molar-refractivity contribution in [3.05, 3.63) is 167 Å². The van der Waals surface area contributed by atoms with E-state index in [1.807, 2.05) is 54.7 Å². The molecule has 0 saturated heterocycles. The molecule has 0 N–H and O–H groups in total. The molecule has 0 aliphatic heterocycles. The standard InChI is InChI=1S/C42H44N2O3Si/c1-30(47-48(6,7)41(2,3)4)39-36-25-23-32(27-31(36)24-26-38(39)46-5)40(45)37-28-44(29-43-37)42(33-17-11-8-12-18-33,34-19-13-9-14-20-34)35-21-15-10-16-22-35/h8-30H,1-7H3. The van der Waals surface area contributed by atoms with Crippen LogP contribution in [0.25, 0.3) is 10.8 Å². The van der Waals surface area contributed by atoms with E-state index in [-0.39, 0.29) is 16.9 Å². The first kappa shape index (κ1) is 33.1. The Hall–Kier alpha value is -4.78. The average molecular weight is 653 g/mol. The molecule has 5 aromatic carbocycles. The molecule has 1 heterocycles. The van der Waals surface area contributed by atoms with E-state index < -0.39 is 13.9 Å². The fourth-order valence-corrected chi connectivity index (χ4v) is 7.86. The SMILES string of the molecule is COc1ccc2cc(C(=O)c3cn(C(c4ccccc4)(c4ccccc4)c4ccccc4)cn3)ccc2c1C(C)O[Si](C)(C)C(C)(C)C. The largest absolute Gasteiger partial charge is 0.496 e. The van der Waals surface area contributed by atoms with E-state index in [1.54, 1.807) is 13.4 Å². The number of ether oxygens (including phenoxy) is 1. The van der Waals surface area contributed by atoms with Crippen molar-refractivity contribution in [2.24, 2.45) is 0 Å². The van der Waals surface area contributed by atoms with Crippen LogP contribution in [0.1, 0.15) is 72.1 Å². The maximum atomic E-state index is 14.2. The predicted octanol–water partition coefficient (Wildman–Crippen LogP) is 10.2. The summed E-state index contributed by atoms with van der Waals surface area (Å²) in [6.07, 6.45) is 3.49. The van der Waals surface area contributed by atoms with Crippen molar-refractivity contribution in [3.8, 4) is 5.75 Å². The first-order valence-electron chi connectivity index (χ1n) is 16.5. The van der Waals surface area contributed by atoms with Gasteiger partial charge in [0.25, 0.3) is 0 Å². The average Bonchev–Trinajstić information content (AvgIpc) is 3.59. The van der Waals surface area contributed by atoms with Crippen LogP contribution in [-0.4, -0.2) is 30.8 Å². The van der Waals surface area contributed by atoms with Crippen LogP contribution in [0.15, 0.2) is 134 Å². The van der Waals surface area contributed by atoms with Crippen LogP contribution in [0.5, 0.6) is 5.75 Å². The van der Waals surface area contributed by atoms with Crippen LogP contribution in [-0.2, 0) is 9.96 Å². The highest BCUT2D eigenvalue weighted by Crippen LogP contribution is 2.44. The molecule has 0 aliphatic rings. The Balaban J connectivity index is 1.43. The minimum absolute atomic E-state index is 0.0706. The van der Waals surface area contributed by atoms with Gasteiger partial charge in [0.15, 0.2) is 8.32 Å². The molecule has 6 heteroatoms. The molecule has 48 heavy (non-hydrogen) atoms. The Morgan fingerprint density at radius 3 is 1.81 bits per heavy atom. The van der Waals surface area contributed by atoms with Gasteiger partial charge >= 0.3 is 0 Å². The van der Waals surface area contributed by atoms with Gasteiger partial charge in [-0.15, -0.1) is 0 Å². The van der Waals surface area contributed by atoms with E-state index in [9.17, 15) is 4.79 Å². The van der Waals surface area contributed by atoms with Gasteiger partial charge in [0, 0.05) is 17.3 Å². The van der Waals surface area contributed by atoms with Gasteiger partial charge < -0.3 is 13.7 Å². The number of aromatic nitrogens is 2. The summed E-state index contributed by atoms with van der Waals surface area (Å²) in [5.41, 5.74) is 4.42. The summed E-state index contributed by atoms with van der Waals surface area (Å²) in [6.45, 7) is 13.4. The van der Waals surface area contributed by atoms with Crippen LogP contribution in [0.3, 0.4) is 0 Å². The number of ketones is 1. The van der Waals surface area contributed by atoms with E-state index in [0.29, 0.717) is 11.3 Å². The van der Waals surface area contributed by atoms with Crippen molar-refractivity contribution >= 4 is 24.9 Å². The van der Waals surface area contributed by atoms with Gasteiger partial charge in [-0.3, -0.25) is 4.79 Å². The molecule has 0 amide bonds. The number of fused-ring (bicyclic) bond motifs is 1. The van der Waals surface area contributed by atoms with E-state index in [1.165, 1.54) is 0 Å². The van der Waals surface area contributed by atoms with Crippen LogP contribution >= 0.6 is 0 Å². The highest BCUT2D eigenvalue weighted by molar-refractivity contribution is 6.74. The molecule has 0 bridgehead atoms. The Labute approximate surface area is 285 Å². The third-order valence-corrected chi connectivity index (χ3v) is 14.5. The van der Waals surface area contributed by atoms with Crippen molar-refractivity contribution in [2.45, 2.75) is 57.5 Å². The highest BCUT2D eigenvalue weighted by Gasteiger charge is 2.40. The number of carbonyl (C=O) groups is 1.